The van der Waals surface area contributed by atoms with Crippen molar-refractivity contribution in [3.63, 3.8) is 0 Å². The molecule has 0 radical (unpaired) electrons. The second-order valence-electron chi connectivity index (χ2n) is 12.3. The average Bonchev–Trinajstić information content (AvgIpc) is 2.86. The Morgan fingerprint density at radius 1 is 1.00 bits per heavy atom. The molecule has 36 heavy (non-hydrogen) atoms. The van der Waals surface area contributed by atoms with E-state index in [2.05, 4.69) is 13.0 Å². The van der Waals surface area contributed by atoms with E-state index in [1.165, 1.54) is 6.08 Å². The number of aryl methyl sites for hydroxylation is 2. The molecule has 0 bridgehead atoms. The third kappa shape index (κ3) is 3.16. The van der Waals surface area contributed by atoms with Gasteiger partial charge in [0, 0.05) is 22.9 Å². The molecule has 0 spiro atoms. The van der Waals surface area contributed by atoms with Crippen molar-refractivity contribution < 1.29 is 24.2 Å². The first-order valence-corrected chi connectivity index (χ1v) is 13.0. The predicted molar refractivity (Wildman–Crippen MR) is 136 cm³/mol. The van der Waals surface area contributed by atoms with Crippen molar-refractivity contribution in [2.75, 3.05) is 0 Å². The van der Waals surface area contributed by atoms with Gasteiger partial charge in [0.25, 0.3) is 0 Å². The van der Waals surface area contributed by atoms with Gasteiger partial charge in [0.1, 0.15) is 11.2 Å². The van der Waals surface area contributed by atoms with Crippen LogP contribution < -0.4 is 5.63 Å². The SMILES string of the molecule is Cc1cc2cc3c(c(C)c2oc1=O)[C@H](O)C[C@]1(C)[C@H]3C[C@]2(O)C=C3C=CC(=O)OC(C)(C)[C@@H]3CC[C@@H]12. The Balaban J connectivity index is 1.52. The van der Waals surface area contributed by atoms with Crippen molar-refractivity contribution in [2.24, 2.45) is 17.3 Å². The van der Waals surface area contributed by atoms with Crippen LogP contribution in [0, 0.1) is 31.1 Å². The van der Waals surface area contributed by atoms with E-state index in [4.69, 9.17) is 9.15 Å². The van der Waals surface area contributed by atoms with Crippen molar-refractivity contribution in [1.29, 1.82) is 0 Å². The number of cyclic esters (lactones) is 1. The van der Waals surface area contributed by atoms with Gasteiger partial charge in [-0.1, -0.05) is 13.0 Å². The zero-order valence-electron chi connectivity index (χ0n) is 21.6. The summed E-state index contributed by atoms with van der Waals surface area (Å²) in [6, 6.07) is 3.92. The molecule has 3 aliphatic carbocycles. The van der Waals surface area contributed by atoms with Crippen LogP contribution in [0.5, 0.6) is 0 Å². The third-order valence-corrected chi connectivity index (χ3v) is 9.76. The van der Waals surface area contributed by atoms with Crippen LogP contribution in [0.15, 0.2) is 45.1 Å². The summed E-state index contributed by atoms with van der Waals surface area (Å²) in [4.78, 5) is 24.4. The molecule has 1 aromatic heterocycles. The Kier molecular flexibility index (Phi) is 4.88. The first kappa shape index (κ1) is 23.7. The Hall–Kier alpha value is -2.70. The lowest BCUT2D eigenvalue weighted by Crippen LogP contribution is -2.40. The minimum atomic E-state index is -1.07. The van der Waals surface area contributed by atoms with Crippen LogP contribution in [0.25, 0.3) is 11.0 Å². The number of benzene rings is 1. The zero-order chi connectivity index (χ0) is 25.8. The molecule has 1 aliphatic heterocycles. The number of carbonyl (C=O) groups is 1. The maximum Gasteiger partial charge on any atom is 0.339 e. The van der Waals surface area contributed by atoms with Crippen LogP contribution in [0.1, 0.15) is 80.7 Å². The largest absolute Gasteiger partial charge is 0.456 e. The fraction of sp³-hybridized carbons (Fsp3) is 0.533. The topological polar surface area (TPSA) is 97.0 Å². The van der Waals surface area contributed by atoms with Crippen LogP contribution in [-0.2, 0) is 9.53 Å². The molecule has 1 saturated carbocycles. The Bertz CT molecular complexity index is 1430. The van der Waals surface area contributed by atoms with Gasteiger partial charge in [0.2, 0.25) is 0 Å². The smallest absolute Gasteiger partial charge is 0.339 e. The van der Waals surface area contributed by atoms with Crippen molar-refractivity contribution >= 4 is 16.9 Å². The van der Waals surface area contributed by atoms with E-state index in [1.54, 1.807) is 6.92 Å². The van der Waals surface area contributed by atoms with Gasteiger partial charge in [-0.2, -0.15) is 0 Å². The molecule has 4 aliphatic rings. The third-order valence-electron chi connectivity index (χ3n) is 9.76. The molecule has 6 rings (SSSR count). The normalized spacial score (nSPS) is 36.6. The summed E-state index contributed by atoms with van der Waals surface area (Å²) < 4.78 is 11.4. The molecule has 0 saturated heterocycles. The summed E-state index contributed by atoms with van der Waals surface area (Å²) in [5, 5.41) is 24.6. The number of ether oxygens (including phenoxy) is 1. The summed E-state index contributed by atoms with van der Waals surface area (Å²) >= 11 is 0. The van der Waals surface area contributed by atoms with E-state index >= 15 is 0 Å². The molecule has 190 valence electrons. The molecule has 6 heteroatoms. The molecule has 1 fully saturated rings. The standard InChI is InChI=1S/C30H34O6/c1-15-10-18-11-19-21-13-30(34)12-17-6-9-24(32)36-28(3,4)20(17)7-8-23(30)29(21,5)14-22(31)25(19)16(2)26(18)35-27(15)33/h6,9-12,20-23,31,34H,7-8,13-14H2,1-5H3/t20-,21+,22-,23+,29-,30-/m1/s1. The highest BCUT2D eigenvalue weighted by Gasteiger charge is 2.62. The lowest BCUT2D eigenvalue weighted by molar-refractivity contribution is -0.153. The van der Waals surface area contributed by atoms with Crippen LogP contribution in [-0.4, -0.2) is 27.4 Å². The highest BCUT2D eigenvalue weighted by Crippen LogP contribution is 2.67. The van der Waals surface area contributed by atoms with Gasteiger partial charge in [-0.3, -0.25) is 0 Å². The second-order valence-corrected chi connectivity index (χ2v) is 12.3. The molecule has 0 amide bonds. The maximum absolute atomic E-state index is 12.3. The molecular formula is C30H34O6. The predicted octanol–water partition coefficient (Wildman–Crippen LogP) is 4.92. The van der Waals surface area contributed by atoms with Crippen molar-refractivity contribution in [3.05, 3.63) is 68.6 Å². The minimum absolute atomic E-state index is 0.00487. The first-order valence-electron chi connectivity index (χ1n) is 13.0. The van der Waals surface area contributed by atoms with E-state index in [-0.39, 0.29) is 34.8 Å². The number of allylic oxidation sites excluding steroid dienone is 1. The molecule has 6 atom stereocenters. The van der Waals surface area contributed by atoms with Crippen LogP contribution in [0.2, 0.25) is 0 Å². The number of carbonyl (C=O) groups excluding carboxylic acids is 1. The van der Waals surface area contributed by atoms with Gasteiger partial charge in [0.15, 0.2) is 0 Å². The van der Waals surface area contributed by atoms with Gasteiger partial charge in [-0.05, 0) is 111 Å². The molecule has 1 aromatic carbocycles. The van der Waals surface area contributed by atoms with Crippen LogP contribution in [0.4, 0.5) is 0 Å². The van der Waals surface area contributed by atoms with Gasteiger partial charge >= 0.3 is 11.6 Å². The number of rotatable bonds is 0. The number of fused-ring (bicyclic) bond motifs is 7. The van der Waals surface area contributed by atoms with E-state index in [0.29, 0.717) is 24.0 Å². The Morgan fingerprint density at radius 3 is 2.50 bits per heavy atom. The summed E-state index contributed by atoms with van der Waals surface area (Å²) in [5.74, 6) is -0.375. The van der Waals surface area contributed by atoms with E-state index in [9.17, 15) is 19.8 Å². The average molecular weight is 491 g/mol. The van der Waals surface area contributed by atoms with Crippen LogP contribution in [0.3, 0.4) is 0 Å². The van der Waals surface area contributed by atoms with E-state index in [0.717, 1.165) is 40.5 Å². The van der Waals surface area contributed by atoms with E-state index in [1.807, 2.05) is 39.0 Å². The molecule has 2 aromatic rings. The summed E-state index contributed by atoms with van der Waals surface area (Å²) in [6.45, 7) is 9.76. The zero-order valence-corrected chi connectivity index (χ0v) is 21.6. The summed E-state index contributed by atoms with van der Waals surface area (Å²) in [6.07, 6.45) is 7.18. The fourth-order valence-electron chi connectivity index (χ4n) is 8.16. The monoisotopic (exact) mass is 490 g/mol. The van der Waals surface area contributed by atoms with Crippen molar-refractivity contribution in [3.8, 4) is 0 Å². The van der Waals surface area contributed by atoms with Crippen LogP contribution >= 0.6 is 0 Å². The molecule has 0 unspecified atom stereocenters. The number of esters is 1. The summed E-state index contributed by atoms with van der Waals surface area (Å²) in [5.41, 5.74) is 2.28. The highest BCUT2D eigenvalue weighted by molar-refractivity contribution is 5.84. The minimum Gasteiger partial charge on any atom is -0.456 e. The number of hydrogen-bond donors (Lipinski definition) is 2. The van der Waals surface area contributed by atoms with E-state index < -0.39 is 17.3 Å². The first-order chi connectivity index (χ1) is 16.8. The number of hydrogen-bond acceptors (Lipinski definition) is 6. The van der Waals surface area contributed by atoms with Gasteiger partial charge < -0.3 is 19.4 Å². The lowest BCUT2D eigenvalue weighted by Gasteiger charge is -2.45. The lowest BCUT2D eigenvalue weighted by atomic mass is 9.60. The van der Waals surface area contributed by atoms with Gasteiger partial charge in [0.05, 0.1) is 11.7 Å². The summed E-state index contributed by atoms with van der Waals surface area (Å²) in [7, 11) is 0. The quantitative estimate of drug-likeness (QED) is 0.402. The Labute approximate surface area is 210 Å². The number of aliphatic hydroxyl groups is 2. The molecule has 2 N–H and O–H groups in total. The van der Waals surface area contributed by atoms with Gasteiger partial charge in [-0.25, -0.2) is 9.59 Å². The second kappa shape index (κ2) is 7.42. The Morgan fingerprint density at radius 2 is 1.75 bits per heavy atom. The molecular weight excluding hydrogens is 456 g/mol. The van der Waals surface area contributed by atoms with Gasteiger partial charge in [-0.15, -0.1) is 0 Å². The maximum atomic E-state index is 12.3. The molecule has 6 nitrogen and oxygen atoms in total. The highest BCUT2D eigenvalue weighted by atomic mass is 16.6. The van der Waals surface area contributed by atoms with Crippen molar-refractivity contribution in [2.45, 2.75) is 83.5 Å². The van der Waals surface area contributed by atoms with Crippen molar-refractivity contribution in [1.82, 2.24) is 0 Å². The fourth-order valence-corrected chi connectivity index (χ4v) is 8.16. The molecule has 2 heterocycles. The number of aliphatic hydroxyl groups excluding tert-OH is 1.